The van der Waals surface area contributed by atoms with Crippen molar-refractivity contribution in [2.45, 2.75) is 55.5 Å². The molecule has 1 aromatic rings. The Hall–Kier alpha value is -1.67. The Morgan fingerprint density at radius 3 is 2.00 bits per heavy atom. The summed E-state index contributed by atoms with van der Waals surface area (Å²) in [6.07, 6.45) is -14.3. The SMILES string of the molecule is O=C(O[C@H]1O[C@@H](O[C@@H]2O[C@@H](CO)[C@H](O)[C@H]2O)[C@H](O)[C@@H](O)[C@@H]1O)c1ccccc1. The van der Waals surface area contributed by atoms with Crippen LogP contribution in [0.15, 0.2) is 30.3 Å². The van der Waals surface area contributed by atoms with Crippen LogP contribution in [0.25, 0.3) is 0 Å². The van der Waals surface area contributed by atoms with E-state index in [0.29, 0.717) is 0 Å². The number of aliphatic hydroxyl groups is 6. The summed E-state index contributed by atoms with van der Waals surface area (Å²) in [7, 11) is 0. The molecule has 0 bridgehead atoms. The van der Waals surface area contributed by atoms with Gasteiger partial charge in [0.05, 0.1) is 12.2 Å². The molecule has 11 nitrogen and oxygen atoms in total. The maximum Gasteiger partial charge on any atom is 0.340 e. The summed E-state index contributed by atoms with van der Waals surface area (Å²) in [5, 5.41) is 58.9. The van der Waals surface area contributed by atoms with E-state index in [-0.39, 0.29) is 5.56 Å². The summed E-state index contributed by atoms with van der Waals surface area (Å²) in [6, 6.07) is 7.82. The van der Waals surface area contributed by atoms with Crippen molar-refractivity contribution in [3.05, 3.63) is 35.9 Å². The molecule has 3 rings (SSSR count). The largest absolute Gasteiger partial charge is 0.429 e. The quantitative estimate of drug-likeness (QED) is 0.278. The maximum absolute atomic E-state index is 12.2. The number of ether oxygens (including phenoxy) is 4. The molecule has 2 aliphatic heterocycles. The molecule has 28 heavy (non-hydrogen) atoms. The van der Waals surface area contributed by atoms with Crippen molar-refractivity contribution < 1.29 is 54.4 Å². The third kappa shape index (κ3) is 4.17. The summed E-state index contributed by atoms with van der Waals surface area (Å²) >= 11 is 0. The molecule has 0 aliphatic carbocycles. The van der Waals surface area contributed by atoms with Gasteiger partial charge in [0.15, 0.2) is 12.6 Å². The molecule has 156 valence electrons. The van der Waals surface area contributed by atoms with Crippen molar-refractivity contribution in [1.82, 2.24) is 0 Å². The Balaban J connectivity index is 1.68. The lowest BCUT2D eigenvalue weighted by molar-refractivity contribution is -0.368. The van der Waals surface area contributed by atoms with Crippen LogP contribution < -0.4 is 0 Å². The molecule has 0 radical (unpaired) electrons. The average molecular weight is 402 g/mol. The number of aliphatic hydroxyl groups excluding tert-OH is 6. The number of rotatable bonds is 5. The molecule has 2 aliphatic rings. The van der Waals surface area contributed by atoms with Gasteiger partial charge in [0.2, 0.25) is 6.29 Å². The first-order valence-electron chi connectivity index (χ1n) is 8.57. The van der Waals surface area contributed by atoms with Gasteiger partial charge in [-0.3, -0.25) is 0 Å². The zero-order valence-corrected chi connectivity index (χ0v) is 14.5. The van der Waals surface area contributed by atoms with Gasteiger partial charge in [-0.1, -0.05) is 18.2 Å². The second kappa shape index (κ2) is 8.78. The van der Waals surface area contributed by atoms with Crippen LogP contribution in [0.3, 0.4) is 0 Å². The minimum Gasteiger partial charge on any atom is -0.429 e. The highest BCUT2D eigenvalue weighted by atomic mass is 16.8. The molecular weight excluding hydrogens is 380 g/mol. The zero-order chi connectivity index (χ0) is 20.4. The maximum atomic E-state index is 12.2. The highest BCUT2D eigenvalue weighted by Gasteiger charge is 2.50. The van der Waals surface area contributed by atoms with Crippen molar-refractivity contribution in [3.8, 4) is 0 Å². The number of hydrogen-bond acceptors (Lipinski definition) is 11. The van der Waals surface area contributed by atoms with Crippen LogP contribution in [0, 0.1) is 0 Å². The Morgan fingerprint density at radius 1 is 0.821 bits per heavy atom. The van der Waals surface area contributed by atoms with Crippen molar-refractivity contribution in [2.75, 3.05) is 6.61 Å². The minimum atomic E-state index is -1.80. The number of esters is 1. The smallest absolute Gasteiger partial charge is 0.340 e. The zero-order valence-electron chi connectivity index (χ0n) is 14.5. The molecule has 9 atom stereocenters. The fourth-order valence-electron chi connectivity index (χ4n) is 2.89. The van der Waals surface area contributed by atoms with Gasteiger partial charge in [0, 0.05) is 0 Å². The first-order chi connectivity index (χ1) is 13.3. The molecular formula is C17H22O11. The summed E-state index contributed by atoms with van der Waals surface area (Å²) in [4.78, 5) is 12.2. The van der Waals surface area contributed by atoms with Gasteiger partial charge in [0.25, 0.3) is 0 Å². The van der Waals surface area contributed by atoms with E-state index in [1.54, 1.807) is 18.2 Å². The monoisotopic (exact) mass is 402 g/mol. The fourth-order valence-corrected chi connectivity index (χ4v) is 2.89. The van der Waals surface area contributed by atoms with Gasteiger partial charge in [-0.15, -0.1) is 0 Å². The molecule has 6 N–H and O–H groups in total. The lowest BCUT2D eigenvalue weighted by Crippen LogP contribution is -2.60. The highest BCUT2D eigenvalue weighted by molar-refractivity contribution is 5.89. The Bertz CT molecular complexity index is 656. The molecule has 1 aromatic carbocycles. The molecule has 2 fully saturated rings. The van der Waals surface area contributed by atoms with Crippen LogP contribution in [-0.2, 0) is 18.9 Å². The molecule has 2 heterocycles. The van der Waals surface area contributed by atoms with E-state index in [1.807, 2.05) is 0 Å². The number of benzene rings is 1. The molecule has 0 unspecified atom stereocenters. The number of hydrogen-bond donors (Lipinski definition) is 6. The van der Waals surface area contributed by atoms with Crippen LogP contribution in [0.4, 0.5) is 0 Å². The van der Waals surface area contributed by atoms with E-state index < -0.39 is 68.1 Å². The third-order valence-electron chi connectivity index (χ3n) is 4.53. The van der Waals surface area contributed by atoms with E-state index in [4.69, 9.17) is 24.1 Å². The number of carbonyl (C=O) groups is 1. The normalized spacial score (nSPS) is 41.0. The summed E-state index contributed by atoms with van der Waals surface area (Å²) < 4.78 is 20.6. The van der Waals surface area contributed by atoms with Gasteiger partial charge in [-0.25, -0.2) is 4.79 Å². The van der Waals surface area contributed by atoms with Gasteiger partial charge in [-0.2, -0.15) is 0 Å². The lowest BCUT2D eigenvalue weighted by atomic mass is 10.0. The van der Waals surface area contributed by atoms with Crippen LogP contribution in [-0.4, -0.2) is 98.7 Å². The molecule has 0 spiro atoms. The van der Waals surface area contributed by atoms with E-state index >= 15 is 0 Å². The Kier molecular flexibility index (Phi) is 6.60. The van der Waals surface area contributed by atoms with Gasteiger partial charge >= 0.3 is 5.97 Å². The predicted molar refractivity (Wildman–Crippen MR) is 87.4 cm³/mol. The standard InChI is InChI=1S/C17H22O11/c18-6-8-9(19)11(21)15(25-8)27-17-13(23)10(20)12(22)16(28-17)26-14(24)7-4-2-1-3-5-7/h1-5,8-13,15-23H,6H2/t8-,9-,10-,11+,12-,13+,15-,16-,17+/m0/s1. The van der Waals surface area contributed by atoms with Crippen molar-refractivity contribution in [3.63, 3.8) is 0 Å². The first-order valence-corrected chi connectivity index (χ1v) is 8.57. The molecule has 11 heteroatoms. The van der Waals surface area contributed by atoms with E-state index in [1.165, 1.54) is 12.1 Å². The second-order valence-corrected chi connectivity index (χ2v) is 6.46. The van der Waals surface area contributed by atoms with Gasteiger partial charge in [0.1, 0.15) is 36.6 Å². The first kappa shape index (κ1) is 21.0. The molecule has 2 saturated heterocycles. The Morgan fingerprint density at radius 2 is 1.39 bits per heavy atom. The summed E-state index contributed by atoms with van der Waals surface area (Å²) in [5.74, 6) is -0.847. The van der Waals surface area contributed by atoms with E-state index in [0.717, 1.165) is 0 Å². The van der Waals surface area contributed by atoms with Crippen molar-refractivity contribution in [2.24, 2.45) is 0 Å². The van der Waals surface area contributed by atoms with E-state index in [9.17, 15) is 30.3 Å². The molecule has 0 amide bonds. The fraction of sp³-hybridized carbons (Fsp3) is 0.588. The van der Waals surface area contributed by atoms with Crippen LogP contribution in [0.1, 0.15) is 10.4 Å². The molecule has 0 aromatic heterocycles. The van der Waals surface area contributed by atoms with Gasteiger partial charge in [-0.05, 0) is 12.1 Å². The second-order valence-electron chi connectivity index (χ2n) is 6.46. The third-order valence-corrected chi connectivity index (χ3v) is 4.53. The van der Waals surface area contributed by atoms with Crippen LogP contribution >= 0.6 is 0 Å². The van der Waals surface area contributed by atoms with Crippen LogP contribution in [0.2, 0.25) is 0 Å². The average Bonchev–Trinajstić information content (AvgIpc) is 2.98. The highest BCUT2D eigenvalue weighted by Crippen LogP contribution is 2.29. The molecule has 0 saturated carbocycles. The van der Waals surface area contributed by atoms with Crippen LogP contribution in [0.5, 0.6) is 0 Å². The van der Waals surface area contributed by atoms with Gasteiger partial charge < -0.3 is 49.6 Å². The minimum absolute atomic E-state index is 0.167. The predicted octanol–water partition coefficient (Wildman–Crippen LogP) is -2.94. The van der Waals surface area contributed by atoms with E-state index in [2.05, 4.69) is 0 Å². The lowest BCUT2D eigenvalue weighted by Gasteiger charge is -2.40. The Labute approximate surface area is 159 Å². The van der Waals surface area contributed by atoms with Crippen molar-refractivity contribution >= 4 is 5.97 Å². The summed E-state index contributed by atoms with van der Waals surface area (Å²) in [6.45, 7) is -0.592. The summed E-state index contributed by atoms with van der Waals surface area (Å²) in [5.41, 5.74) is 0.167. The number of carbonyl (C=O) groups excluding carboxylic acids is 1. The van der Waals surface area contributed by atoms with Crippen molar-refractivity contribution in [1.29, 1.82) is 0 Å². The topological polar surface area (TPSA) is 175 Å².